The Labute approximate surface area is 106 Å². The van der Waals surface area contributed by atoms with E-state index in [-0.39, 0.29) is 31.2 Å². The Morgan fingerprint density at radius 3 is 2.28 bits per heavy atom. The summed E-state index contributed by atoms with van der Waals surface area (Å²) >= 11 is 0. The lowest BCUT2D eigenvalue weighted by molar-refractivity contribution is -0.185. The molecule has 0 aromatic carbocycles. The quantitative estimate of drug-likeness (QED) is 0.715. The SMILES string of the molecule is C#CCN(CC)C(=O)C1CCC(C(F)(F)F)CC1. The normalized spacial score (nSPS) is 24.4. The van der Waals surface area contributed by atoms with Crippen molar-refractivity contribution in [1.29, 1.82) is 0 Å². The largest absolute Gasteiger partial charge is 0.391 e. The molecule has 1 fully saturated rings. The van der Waals surface area contributed by atoms with Gasteiger partial charge < -0.3 is 4.90 Å². The van der Waals surface area contributed by atoms with E-state index in [0.717, 1.165) is 0 Å². The van der Waals surface area contributed by atoms with Crippen molar-refractivity contribution in [3.05, 3.63) is 0 Å². The van der Waals surface area contributed by atoms with Crippen LogP contribution in [0.2, 0.25) is 0 Å². The Bertz CT molecular complexity index is 324. The molecule has 1 aliphatic carbocycles. The highest BCUT2D eigenvalue weighted by molar-refractivity contribution is 5.79. The molecule has 5 heteroatoms. The topological polar surface area (TPSA) is 20.3 Å². The van der Waals surface area contributed by atoms with Crippen molar-refractivity contribution in [3.8, 4) is 12.3 Å². The van der Waals surface area contributed by atoms with Crippen LogP contribution in [-0.2, 0) is 4.79 Å². The van der Waals surface area contributed by atoms with Gasteiger partial charge in [0.15, 0.2) is 0 Å². The molecular weight excluding hydrogens is 243 g/mol. The number of rotatable bonds is 3. The molecule has 0 spiro atoms. The number of amides is 1. The average molecular weight is 261 g/mol. The minimum atomic E-state index is -4.13. The maximum atomic E-state index is 12.5. The van der Waals surface area contributed by atoms with Gasteiger partial charge >= 0.3 is 6.18 Å². The zero-order valence-electron chi connectivity index (χ0n) is 10.5. The number of carbonyl (C=O) groups excluding carboxylic acids is 1. The Balaban J connectivity index is 2.52. The molecule has 0 atom stereocenters. The summed E-state index contributed by atoms with van der Waals surface area (Å²) in [6, 6.07) is 0. The first-order valence-corrected chi connectivity index (χ1v) is 6.19. The summed E-state index contributed by atoms with van der Waals surface area (Å²) in [5, 5.41) is 0. The van der Waals surface area contributed by atoms with Crippen molar-refractivity contribution < 1.29 is 18.0 Å². The molecule has 18 heavy (non-hydrogen) atoms. The predicted octanol–water partition coefficient (Wildman–Crippen LogP) is 2.84. The predicted molar refractivity (Wildman–Crippen MR) is 62.6 cm³/mol. The van der Waals surface area contributed by atoms with Gasteiger partial charge in [-0.15, -0.1) is 6.42 Å². The first-order valence-electron chi connectivity index (χ1n) is 6.19. The fraction of sp³-hybridized carbons (Fsp3) is 0.769. The summed E-state index contributed by atoms with van der Waals surface area (Å²) in [4.78, 5) is 13.6. The first kappa shape index (κ1) is 14.9. The zero-order chi connectivity index (χ0) is 13.8. The van der Waals surface area contributed by atoms with Crippen LogP contribution in [0.5, 0.6) is 0 Å². The third-order valence-corrected chi connectivity index (χ3v) is 3.51. The van der Waals surface area contributed by atoms with Crippen LogP contribution in [0.3, 0.4) is 0 Å². The molecule has 0 aromatic heterocycles. The first-order chi connectivity index (χ1) is 8.40. The summed E-state index contributed by atoms with van der Waals surface area (Å²) in [5.41, 5.74) is 0. The number of nitrogens with zero attached hydrogens (tertiary/aromatic N) is 1. The highest BCUT2D eigenvalue weighted by Gasteiger charge is 2.42. The van der Waals surface area contributed by atoms with Gasteiger partial charge in [-0.25, -0.2) is 0 Å². The number of hydrogen-bond donors (Lipinski definition) is 0. The van der Waals surface area contributed by atoms with E-state index in [2.05, 4.69) is 5.92 Å². The van der Waals surface area contributed by atoms with Gasteiger partial charge in [-0.1, -0.05) is 5.92 Å². The van der Waals surface area contributed by atoms with Crippen LogP contribution < -0.4 is 0 Å². The van der Waals surface area contributed by atoms with Gasteiger partial charge in [-0.05, 0) is 32.6 Å². The third kappa shape index (κ3) is 3.66. The standard InChI is InChI=1S/C13H18F3NO/c1-3-9-17(4-2)12(18)10-5-7-11(8-6-10)13(14,15)16/h1,10-11H,4-9H2,2H3. The molecule has 0 aliphatic heterocycles. The molecule has 102 valence electrons. The van der Waals surface area contributed by atoms with Gasteiger partial charge in [-0.2, -0.15) is 13.2 Å². The molecule has 0 bridgehead atoms. The summed E-state index contributed by atoms with van der Waals surface area (Å²) in [6.45, 7) is 2.55. The highest BCUT2D eigenvalue weighted by atomic mass is 19.4. The Morgan fingerprint density at radius 1 is 1.33 bits per heavy atom. The molecule has 0 aromatic rings. The van der Waals surface area contributed by atoms with Crippen LogP contribution in [0, 0.1) is 24.2 Å². The van der Waals surface area contributed by atoms with E-state index in [1.165, 1.54) is 4.90 Å². The summed E-state index contributed by atoms with van der Waals surface area (Å²) < 4.78 is 37.5. The fourth-order valence-electron chi connectivity index (χ4n) is 2.38. The van der Waals surface area contributed by atoms with Crippen molar-refractivity contribution in [3.63, 3.8) is 0 Å². The second kappa shape index (κ2) is 6.12. The molecule has 1 saturated carbocycles. The van der Waals surface area contributed by atoms with E-state index in [4.69, 9.17) is 6.42 Å². The van der Waals surface area contributed by atoms with Crippen molar-refractivity contribution in [2.24, 2.45) is 11.8 Å². The number of terminal acetylenes is 1. The van der Waals surface area contributed by atoms with Crippen molar-refractivity contribution in [2.45, 2.75) is 38.8 Å². The maximum Gasteiger partial charge on any atom is 0.391 e. The lowest BCUT2D eigenvalue weighted by Gasteiger charge is -2.31. The van der Waals surface area contributed by atoms with Gasteiger partial charge in [0.05, 0.1) is 12.5 Å². The molecule has 1 amide bonds. The van der Waals surface area contributed by atoms with Crippen LogP contribution in [0.25, 0.3) is 0 Å². The molecule has 0 heterocycles. The lowest BCUT2D eigenvalue weighted by atomic mass is 9.81. The zero-order valence-corrected chi connectivity index (χ0v) is 10.5. The molecule has 0 unspecified atom stereocenters. The summed E-state index contributed by atoms with van der Waals surface area (Å²) in [6.07, 6.45) is 1.75. The van der Waals surface area contributed by atoms with Crippen LogP contribution in [0.4, 0.5) is 13.2 Å². The Hall–Kier alpha value is -1.18. The van der Waals surface area contributed by atoms with Gasteiger partial charge in [0, 0.05) is 12.5 Å². The number of halogens is 3. The second-order valence-electron chi connectivity index (χ2n) is 4.65. The molecule has 0 N–H and O–H groups in total. The molecule has 0 saturated heterocycles. The van der Waals surface area contributed by atoms with E-state index in [1.807, 2.05) is 6.92 Å². The monoisotopic (exact) mass is 261 g/mol. The van der Waals surface area contributed by atoms with Gasteiger partial charge in [0.1, 0.15) is 0 Å². The molecule has 0 radical (unpaired) electrons. The molecule has 1 rings (SSSR count). The van der Waals surface area contributed by atoms with Crippen LogP contribution in [-0.4, -0.2) is 30.1 Å². The van der Waals surface area contributed by atoms with E-state index >= 15 is 0 Å². The summed E-state index contributed by atoms with van der Waals surface area (Å²) in [7, 11) is 0. The number of alkyl halides is 3. The molecular formula is C13H18F3NO. The minimum Gasteiger partial charge on any atom is -0.332 e. The van der Waals surface area contributed by atoms with E-state index in [1.54, 1.807) is 0 Å². The van der Waals surface area contributed by atoms with Crippen LogP contribution >= 0.6 is 0 Å². The fourth-order valence-corrected chi connectivity index (χ4v) is 2.38. The lowest BCUT2D eigenvalue weighted by Crippen LogP contribution is -2.39. The average Bonchev–Trinajstić information content (AvgIpc) is 2.34. The second-order valence-corrected chi connectivity index (χ2v) is 4.65. The maximum absolute atomic E-state index is 12.5. The molecule has 2 nitrogen and oxygen atoms in total. The minimum absolute atomic E-state index is 0.0491. The van der Waals surface area contributed by atoms with Crippen molar-refractivity contribution >= 4 is 5.91 Å². The van der Waals surface area contributed by atoms with Crippen LogP contribution in [0.1, 0.15) is 32.6 Å². The summed E-state index contributed by atoms with van der Waals surface area (Å²) in [5.74, 6) is 0.755. The molecule has 1 aliphatic rings. The van der Waals surface area contributed by atoms with Gasteiger partial charge in [0.25, 0.3) is 0 Å². The van der Waals surface area contributed by atoms with E-state index < -0.39 is 12.1 Å². The number of hydrogen-bond acceptors (Lipinski definition) is 1. The third-order valence-electron chi connectivity index (χ3n) is 3.51. The van der Waals surface area contributed by atoms with E-state index in [0.29, 0.717) is 19.4 Å². The van der Waals surface area contributed by atoms with Crippen molar-refractivity contribution in [1.82, 2.24) is 4.90 Å². The Morgan fingerprint density at radius 2 is 1.89 bits per heavy atom. The van der Waals surface area contributed by atoms with Gasteiger partial charge in [0.2, 0.25) is 5.91 Å². The Kier molecular flexibility index (Phi) is 5.06. The smallest absolute Gasteiger partial charge is 0.332 e. The number of carbonyl (C=O) groups is 1. The van der Waals surface area contributed by atoms with Crippen LogP contribution in [0.15, 0.2) is 0 Å². The van der Waals surface area contributed by atoms with E-state index in [9.17, 15) is 18.0 Å². The highest BCUT2D eigenvalue weighted by Crippen LogP contribution is 2.39. The van der Waals surface area contributed by atoms with Crippen molar-refractivity contribution in [2.75, 3.05) is 13.1 Å². The van der Waals surface area contributed by atoms with Gasteiger partial charge in [-0.3, -0.25) is 4.79 Å².